The number of rotatable bonds is 3. The molecular weight excluding hydrogens is 258 g/mol. The third-order valence-electron chi connectivity index (χ3n) is 2.19. The highest BCUT2D eigenvalue weighted by Crippen LogP contribution is 2.31. The molecule has 0 saturated carbocycles. The molecule has 3 heteroatoms. The van der Waals surface area contributed by atoms with E-state index in [0.717, 1.165) is 19.4 Å². The van der Waals surface area contributed by atoms with E-state index in [1.807, 2.05) is 11.3 Å². The fourth-order valence-corrected chi connectivity index (χ4v) is 3.22. The molecule has 0 saturated heterocycles. The number of fused-ring (bicyclic) bond motifs is 1. The molecule has 0 unspecified atom stereocenters. The molecule has 0 amide bonds. The molecule has 1 heterocycles. The molecule has 74 valence electrons. The standard InChI is InChI=1S/C11H12BrNS/c12-10-4-1-5-11-9(10)7-8(14-11)3-2-6-13/h1,4-5,7H,2-3,6,13H2. The second-order valence-corrected chi connectivity index (χ2v) is 5.28. The summed E-state index contributed by atoms with van der Waals surface area (Å²) in [5.74, 6) is 0. The highest BCUT2D eigenvalue weighted by atomic mass is 79.9. The minimum absolute atomic E-state index is 0.773. The Morgan fingerprint density at radius 3 is 2.93 bits per heavy atom. The van der Waals surface area contributed by atoms with Crippen molar-refractivity contribution in [3.05, 3.63) is 33.6 Å². The van der Waals surface area contributed by atoms with E-state index >= 15 is 0 Å². The molecule has 1 nitrogen and oxygen atoms in total. The van der Waals surface area contributed by atoms with E-state index in [4.69, 9.17) is 5.73 Å². The molecule has 0 aliphatic carbocycles. The number of halogens is 1. The summed E-state index contributed by atoms with van der Waals surface area (Å²) in [4.78, 5) is 1.43. The zero-order valence-corrected chi connectivity index (χ0v) is 10.2. The predicted molar refractivity (Wildman–Crippen MR) is 66.9 cm³/mol. The fraction of sp³-hybridized carbons (Fsp3) is 0.273. The zero-order valence-electron chi connectivity index (χ0n) is 7.79. The smallest absolute Gasteiger partial charge is 0.0357 e. The van der Waals surface area contributed by atoms with Crippen molar-refractivity contribution in [3.8, 4) is 0 Å². The van der Waals surface area contributed by atoms with Gasteiger partial charge in [0.1, 0.15) is 0 Å². The van der Waals surface area contributed by atoms with Gasteiger partial charge in [-0.2, -0.15) is 0 Å². The summed E-state index contributed by atoms with van der Waals surface area (Å²) in [6.45, 7) is 0.773. The summed E-state index contributed by atoms with van der Waals surface area (Å²) in [5.41, 5.74) is 5.50. The summed E-state index contributed by atoms with van der Waals surface area (Å²) >= 11 is 5.43. The number of benzene rings is 1. The van der Waals surface area contributed by atoms with Crippen LogP contribution in [0.15, 0.2) is 28.7 Å². The van der Waals surface area contributed by atoms with Crippen LogP contribution in [0.25, 0.3) is 10.1 Å². The van der Waals surface area contributed by atoms with Crippen LogP contribution < -0.4 is 5.73 Å². The summed E-state index contributed by atoms with van der Waals surface area (Å²) in [6, 6.07) is 8.59. The van der Waals surface area contributed by atoms with Gasteiger partial charge in [0.15, 0.2) is 0 Å². The second kappa shape index (κ2) is 4.43. The third kappa shape index (κ3) is 2.00. The number of nitrogens with two attached hydrogens (primary N) is 1. The second-order valence-electron chi connectivity index (χ2n) is 3.26. The van der Waals surface area contributed by atoms with Crippen molar-refractivity contribution in [2.24, 2.45) is 5.73 Å². The quantitative estimate of drug-likeness (QED) is 0.906. The molecule has 0 aliphatic heterocycles. The van der Waals surface area contributed by atoms with Crippen LogP contribution in [-0.4, -0.2) is 6.54 Å². The lowest BCUT2D eigenvalue weighted by Crippen LogP contribution is -1.99. The van der Waals surface area contributed by atoms with Crippen molar-refractivity contribution < 1.29 is 0 Å². The predicted octanol–water partition coefficient (Wildman–Crippen LogP) is 3.56. The maximum Gasteiger partial charge on any atom is 0.0357 e. The molecule has 1 aromatic heterocycles. The molecule has 1 aromatic carbocycles. The van der Waals surface area contributed by atoms with Crippen molar-refractivity contribution in [1.29, 1.82) is 0 Å². The lowest BCUT2D eigenvalue weighted by atomic mass is 10.2. The molecular formula is C11H12BrNS. The van der Waals surface area contributed by atoms with Crippen LogP contribution in [0.2, 0.25) is 0 Å². The average Bonchev–Trinajstić information content (AvgIpc) is 2.59. The largest absolute Gasteiger partial charge is 0.330 e. The first-order chi connectivity index (χ1) is 6.81. The Kier molecular flexibility index (Phi) is 3.21. The fourth-order valence-electron chi connectivity index (χ4n) is 1.48. The lowest BCUT2D eigenvalue weighted by molar-refractivity contribution is 0.843. The number of hydrogen-bond donors (Lipinski definition) is 1. The van der Waals surface area contributed by atoms with Crippen molar-refractivity contribution in [3.63, 3.8) is 0 Å². The van der Waals surface area contributed by atoms with Gasteiger partial charge in [0.05, 0.1) is 0 Å². The molecule has 0 radical (unpaired) electrons. The minimum atomic E-state index is 0.773. The van der Waals surface area contributed by atoms with E-state index in [-0.39, 0.29) is 0 Å². The lowest BCUT2D eigenvalue weighted by Gasteiger charge is -1.91. The van der Waals surface area contributed by atoms with E-state index in [0.29, 0.717) is 0 Å². The first kappa shape index (κ1) is 10.1. The van der Waals surface area contributed by atoms with Crippen LogP contribution in [0.1, 0.15) is 11.3 Å². The molecule has 0 aliphatic rings. The van der Waals surface area contributed by atoms with Crippen LogP contribution >= 0.6 is 27.3 Å². The van der Waals surface area contributed by atoms with Gasteiger partial charge in [0.25, 0.3) is 0 Å². The van der Waals surface area contributed by atoms with Gasteiger partial charge in [-0.05, 0) is 37.6 Å². The first-order valence-corrected chi connectivity index (χ1v) is 6.29. The summed E-state index contributed by atoms with van der Waals surface area (Å²) in [5, 5.41) is 1.32. The minimum Gasteiger partial charge on any atom is -0.330 e. The number of aryl methyl sites for hydroxylation is 1. The van der Waals surface area contributed by atoms with E-state index in [1.165, 1.54) is 19.4 Å². The average molecular weight is 270 g/mol. The molecule has 2 aromatic rings. The van der Waals surface area contributed by atoms with Gasteiger partial charge in [-0.1, -0.05) is 22.0 Å². The zero-order chi connectivity index (χ0) is 9.97. The van der Waals surface area contributed by atoms with Gasteiger partial charge in [-0.15, -0.1) is 11.3 Å². The Balaban J connectivity index is 2.36. The normalized spacial score (nSPS) is 11.0. The monoisotopic (exact) mass is 269 g/mol. The highest BCUT2D eigenvalue weighted by Gasteiger charge is 2.03. The van der Waals surface area contributed by atoms with Crippen LogP contribution in [0, 0.1) is 0 Å². The van der Waals surface area contributed by atoms with Gasteiger partial charge < -0.3 is 5.73 Å². The van der Waals surface area contributed by atoms with E-state index in [2.05, 4.69) is 40.2 Å². The number of hydrogen-bond acceptors (Lipinski definition) is 2. The van der Waals surface area contributed by atoms with Crippen molar-refractivity contribution in [2.45, 2.75) is 12.8 Å². The van der Waals surface area contributed by atoms with E-state index in [9.17, 15) is 0 Å². The maximum absolute atomic E-state index is 5.50. The summed E-state index contributed by atoms with van der Waals surface area (Å²) in [6.07, 6.45) is 2.17. The van der Waals surface area contributed by atoms with Gasteiger partial charge in [-0.3, -0.25) is 0 Å². The van der Waals surface area contributed by atoms with E-state index < -0.39 is 0 Å². The highest BCUT2D eigenvalue weighted by molar-refractivity contribution is 9.10. The van der Waals surface area contributed by atoms with Crippen LogP contribution in [0.5, 0.6) is 0 Å². The Morgan fingerprint density at radius 1 is 1.36 bits per heavy atom. The molecule has 0 bridgehead atoms. The summed E-state index contributed by atoms with van der Waals surface area (Å²) < 4.78 is 2.54. The topological polar surface area (TPSA) is 26.0 Å². The van der Waals surface area contributed by atoms with Crippen LogP contribution in [-0.2, 0) is 6.42 Å². The van der Waals surface area contributed by atoms with Gasteiger partial charge in [0.2, 0.25) is 0 Å². The molecule has 2 rings (SSSR count). The Hall–Kier alpha value is -0.380. The van der Waals surface area contributed by atoms with Crippen molar-refractivity contribution >= 4 is 37.4 Å². The molecule has 0 spiro atoms. The first-order valence-electron chi connectivity index (χ1n) is 4.68. The van der Waals surface area contributed by atoms with E-state index in [1.54, 1.807) is 0 Å². The van der Waals surface area contributed by atoms with Crippen LogP contribution in [0.3, 0.4) is 0 Å². The van der Waals surface area contributed by atoms with Gasteiger partial charge >= 0.3 is 0 Å². The van der Waals surface area contributed by atoms with Crippen molar-refractivity contribution in [1.82, 2.24) is 0 Å². The Labute approximate surface area is 96.1 Å². The Morgan fingerprint density at radius 2 is 2.21 bits per heavy atom. The maximum atomic E-state index is 5.50. The summed E-state index contributed by atoms with van der Waals surface area (Å²) in [7, 11) is 0. The molecule has 14 heavy (non-hydrogen) atoms. The van der Waals surface area contributed by atoms with Crippen molar-refractivity contribution in [2.75, 3.05) is 6.54 Å². The molecule has 2 N–H and O–H groups in total. The molecule has 0 atom stereocenters. The van der Waals surface area contributed by atoms with Gasteiger partial charge in [-0.25, -0.2) is 0 Å². The number of thiophene rings is 1. The Bertz CT molecular complexity index is 436. The SMILES string of the molecule is NCCCc1cc2c(Br)cccc2s1. The molecule has 0 fully saturated rings. The third-order valence-corrected chi connectivity index (χ3v) is 4.04. The van der Waals surface area contributed by atoms with Crippen LogP contribution in [0.4, 0.5) is 0 Å². The van der Waals surface area contributed by atoms with Gasteiger partial charge in [0, 0.05) is 19.4 Å².